The van der Waals surface area contributed by atoms with E-state index in [2.05, 4.69) is 34.6 Å². The van der Waals surface area contributed by atoms with Gasteiger partial charge in [-0.05, 0) is 47.0 Å². The summed E-state index contributed by atoms with van der Waals surface area (Å²) in [6.45, 7) is 29.5. The molecule has 5 nitrogen and oxygen atoms in total. The standard InChI is InChI=1S/C13H23NO4.C5H12.C4H10.2C2H6/c1-12(2,3)18-11(15)14-7-6-10-9(14)8-16-13(4,5)17-10;1-3-5-4-2;1-4(2)3;2*1-2/h9-10H,6-8H2,1-5H3;3-5H2,1-2H3;4H,1-3H3;2*1-2H3. The molecule has 190 valence electrons. The average molecular weight is 448 g/mol. The van der Waals surface area contributed by atoms with Crippen molar-refractivity contribution in [2.45, 2.75) is 146 Å². The zero-order valence-electron chi connectivity index (χ0n) is 23.6. The molecule has 2 saturated heterocycles. The van der Waals surface area contributed by atoms with Gasteiger partial charge in [0.2, 0.25) is 0 Å². The molecule has 2 aliphatic rings. The van der Waals surface area contributed by atoms with Crippen LogP contribution in [-0.4, -0.2) is 47.7 Å². The average Bonchev–Trinajstić information content (AvgIpc) is 3.06. The zero-order valence-corrected chi connectivity index (χ0v) is 23.6. The van der Waals surface area contributed by atoms with Crippen LogP contribution in [0.3, 0.4) is 0 Å². The molecule has 0 aromatic carbocycles. The fourth-order valence-electron chi connectivity index (χ4n) is 2.75. The quantitative estimate of drug-likeness (QED) is 0.429. The van der Waals surface area contributed by atoms with E-state index in [1.54, 1.807) is 4.90 Å². The molecule has 0 radical (unpaired) electrons. The van der Waals surface area contributed by atoms with Gasteiger partial charge in [-0.25, -0.2) is 4.79 Å². The maximum absolute atomic E-state index is 12.1. The Morgan fingerprint density at radius 2 is 1.52 bits per heavy atom. The molecule has 0 aromatic rings. The lowest BCUT2D eigenvalue weighted by atomic mass is 10.1. The number of rotatable bonds is 2. The fraction of sp³-hybridized carbons (Fsp3) is 0.962. The van der Waals surface area contributed by atoms with Crippen LogP contribution in [0, 0.1) is 5.92 Å². The van der Waals surface area contributed by atoms with E-state index in [0.29, 0.717) is 13.2 Å². The predicted molar refractivity (Wildman–Crippen MR) is 135 cm³/mol. The lowest BCUT2D eigenvalue weighted by molar-refractivity contribution is -0.281. The molecule has 2 unspecified atom stereocenters. The van der Waals surface area contributed by atoms with Crippen molar-refractivity contribution in [2.75, 3.05) is 13.2 Å². The molecule has 0 saturated carbocycles. The number of likely N-dealkylation sites (tertiary alicyclic amines) is 1. The first kappa shape index (κ1) is 34.8. The Hall–Kier alpha value is -0.810. The summed E-state index contributed by atoms with van der Waals surface area (Å²) < 4.78 is 16.9. The fourth-order valence-corrected chi connectivity index (χ4v) is 2.75. The van der Waals surface area contributed by atoms with Crippen molar-refractivity contribution in [3.05, 3.63) is 0 Å². The van der Waals surface area contributed by atoms with Gasteiger partial charge in [0.05, 0.1) is 18.8 Å². The van der Waals surface area contributed by atoms with E-state index in [1.807, 2.05) is 62.3 Å². The van der Waals surface area contributed by atoms with Crippen LogP contribution in [0.4, 0.5) is 4.79 Å². The van der Waals surface area contributed by atoms with Gasteiger partial charge in [-0.15, -0.1) is 0 Å². The monoisotopic (exact) mass is 447 g/mol. The van der Waals surface area contributed by atoms with E-state index in [-0.39, 0.29) is 18.2 Å². The van der Waals surface area contributed by atoms with Gasteiger partial charge in [-0.2, -0.15) is 0 Å². The highest BCUT2D eigenvalue weighted by atomic mass is 16.7. The van der Waals surface area contributed by atoms with Gasteiger partial charge in [0.25, 0.3) is 0 Å². The smallest absolute Gasteiger partial charge is 0.410 e. The molecule has 2 aliphatic heterocycles. The number of nitrogens with zero attached hydrogens (tertiary/aromatic N) is 1. The summed E-state index contributed by atoms with van der Waals surface area (Å²) in [5.41, 5.74) is -0.467. The molecule has 2 atom stereocenters. The third-order valence-electron chi connectivity index (χ3n) is 3.86. The van der Waals surface area contributed by atoms with Crippen LogP contribution in [-0.2, 0) is 14.2 Å². The van der Waals surface area contributed by atoms with Crippen LogP contribution in [0.15, 0.2) is 0 Å². The normalized spacial score (nSPS) is 20.9. The van der Waals surface area contributed by atoms with Crippen molar-refractivity contribution < 1.29 is 19.0 Å². The number of hydrogen-bond donors (Lipinski definition) is 0. The zero-order chi connectivity index (χ0) is 25.3. The molecule has 2 rings (SSSR count). The van der Waals surface area contributed by atoms with Gasteiger partial charge >= 0.3 is 6.09 Å². The van der Waals surface area contributed by atoms with Crippen molar-refractivity contribution in [3.8, 4) is 0 Å². The molecule has 1 amide bonds. The summed E-state index contributed by atoms with van der Waals surface area (Å²) >= 11 is 0. The molecule has 0 N–H and O–H groups in total. The highest BCUT2D eigenvalue weighted by Crippen LogP contribution is 2.32. The summed E-state index contributed by atoms with van der Waals surface area (Å²) in [7, 11) is 0. The molecule has 2 heterocycles. The summed E-state index contributed by atoms with van der Waals surface area (Å²) in [5, 5.41) is 0. The van der Waals surface area contributed by atoms with Crippen molar-refractivity contribution in [1.82, 2.24) is 4.90 Å². The number of carbonyl (C=O) groups is 1. The second-order valence-electron chi connectivity index (χ2n) is 9.48. The van der Waals surface area contributed by atoms with Gasteiger partial charge in [0, 0.05) is 6.54 Å². The van der Waals surface area contributed by atoms with Crippen LogP contribution >= 0.6 is 0 Å². The van der Waals surface area contributed by atoms with Gasteiger partial charge < -0.3 is 19.1 Å². The van der Waals surface area contributed by atoms with E-state index in [9.17, 15) is 4.79 Å². The Kier molecular flexibility index (Phi) is 21.0. The second-order valence-corrected chi connectivity index (χ2v) is 9.48. The van der Waals surface area contributed by atoms with E-state index in [4.69, 9.17) is 14.2 Å². The van der Waals surface area contributed by atoms with Crippen molar-refractivity contribution >= 4 is 6.09 Å². The molecule has 31 heavy (non-hydrogen) atoms. The van der Waals surface area contributed by atoms with E-state index < -0.39 is 11.4 Å². The summed E-state index contributed by atoms with van der Waals surface area (Å²) in [6, 6.07) is -0.0205. The lowest BCUT2D eigenvalue weighted by Crippen LogP contribution is -2.52. The topological polar surface area (TPSA) is 48.0 Å². The van der Waals surface area contributed by atoms with Crippen LogP contribution in [0.5, 0.6) is 0 Å². The van der Waals surface area contributed by atoms with Crippen LogP contribution in [0.2, 0.25) is 0 Å². The van der Waals surface area contributed by atoms with Crippen molar-refractivity contribution in [2.24, 2.45) is 5.92 Å². The molecule has 2 fully saturated rings. The Balaban J connectivity index is -0.000000503. The van der Waals surface area contributed by atoms with Gasteiger partial charge in [-0.3, -0.25) is 0 Å². The van der Waals surface area contributed by atoms with Crippen LogP contribution < -0.4 is 0 Å². The minimum atomic E-state index is -0.550. The Morgan fingerprint density at radius 1 is 1.06 bits per heavy atom. The van der Waals surface area contributed by atoms with Gasteiger partial charge in [0.15, 0.2) is 5.79 Å². The van der Waals surface area contributed by atoms with Crippen LogP contribution in [0.1, 0.15) is 123 Å². The largest absolute Gasteiger partial charge is 0.444 e. The highest BCUT2D eigenvalue weighted by Gasteiger charge is 2.46. The lowest BCUT2D eigenvalue weighted by Gasteiger charge is -2.40. The second kappa shape index (κ2) is 18.7. The maximum Gasteiger partial charge on any atom is 0.410 e. The first-order chi connectivity index (χ1) is 14.3. The number of unbranched alkanes of at least 4 members (excludes halogenated alkanes) is 2. The van der Waals surface area contributed by atoms with Crippen molar-refractivity contribution in [3.63, 3.8) is 0 Å². The molecular weight excluding hydrogens is 390 g/mol. The minimum Gasteiger partial charge on any atom is -0.444 e. The number of ether oxygens (including phenoxy) is 3. The van der Waals surface area contributed by atoms with Gasteiger partial charge in [0.1, 0.15) is 5.60 Å². The highest BCUT2D eigenvalue weighted by molar-refractivity contribution is 5.69. The first-order valence-corrected chi connectivity index (χ1v) is 12.6. The number of amides is 1. The Labute approximate surface area is 195 Å². The van der Waals surface area contributed by atoms with Gasteiger partial charge in [-0.1, -0.05) is 81.6 Å². The Bertz CT molecular complexity index is 411. The SMILES string of the molecule is CC.CC.CC(C)(C)OC(=O)N1CCC2OC(C)(C)OCC21.CC(C)C.CCCCC. The van der Waals surface area contributed by atoms with Crippen LogP contribution in [0.25, 0.3) is 0 Å². The molecule has 0 aromatic heterocycles. The van der Waals surface area contributed by atoms with E-state index >= 15 is 0 Å². The molecule has 5 heteroatoms. The van der Waals surface area contributed by atoms with E-state index in [1.165, 1.54) is 19.3 Å². The third kappa shape index (κ3) is 18.5. The third-order valence-corrected chi connectivity index (χ3v) is 3.86. The number of carbonyl (C=O) groups excluding carboxylic acids is 1. The summed E-state index contributed by atoms with van der Waals surface area (Å²) in [4.78, 5) is 13.8. The van der Waals surface area contributed by atoms with E-state index in [0.717, 1.165) is 12.3 Å². The molecule has 0 bridgehead atoms. The molecule has 0 aliphatic carbocycles. The van der Waals surface area contributed by atoms with Crippen molar-refractivity contribution in [1.29, 1.82) is 0 Å². The maximum atomic E-state index is 12.1. The molecular formula is C26H57NO4. The summed E-state index contributed by atoms with van der Waals surface area (Å²) in [6.07, 6.45) is 4.70. The minimum absolute atomic E-state index is 0.0205. The molecule has 0 spiro atoms. The number of fused-ring (bicyclic) bond motifs is 1. The predicted octanol–water partition coefficient (Wildman–Crippen LogP) is 8.06. The first-order valence-electron chi connectivity index (χ1n) is 12.6. The number of hydrogen-bond acceptors (Lipinski definition) is 4. The summed E-state index contributed by atoms with van der Waals surface area (Å²) in [5.74, 6) is 0.283. The Morgan fingerprint density at radius 3 is 1.87 bits per heavy atom.